The molecule has 1 spiro atoms. The number of fused-ring (bicyclic) bond motifs is 1. The number of aryl methyl sites for hydroxylation is 1. The number of rotatable bonds is 3. The van der Waals surface area contributed by atoms with E-state index in [2.05, 4.69) is 22.8 Å². The average Bonchev–Trinajstić information content (AvgIpc) is 2.72. The Kier molecular flexibility index (Phi) is 5.58. The molecule has 0 saturated carbocycles. The number of benzene rings is 1. The fourth-order valence-electron chi connectivity index (χ4n) is 5.19. The fraction of sp³-hybridized carbons (Fsp3) is 0.682. The standard InChI is InChI=1S/C22H33N3O2/c1-27-19-5-6-20-17(15-19)3-2-4-18(20)16-24-21(26)25-13-9-22(10-14-25)7-11-23-12-8-22/h5-6,15,18,23H,2-4,7-14,16H2,1H3,(H,24,26). The number of likely N-dealkylation sites (tertiary alicyclic amines) is 1. The maximum atomic E-state index is 12.7. The second-order valence-corrected chi connectivity index (χ2v) is 8.58. The van der Waals surface area contributed by atoms with Gasteiger partial charge < -0.3 is 20.3 Å². The number of carbonyl (C=O) groups is 1. The molecule has 1 aromatic rings. The van der Waals surface area contributed by atoms with Crippen LogP contribution in [0.2, 0.25) is 0 Å². The normalized spacial score (nSPS) is 24.3. The molecule has 1 unspecified atom stereocenters. The fourth-order valence-corrected chi connectivity index (χ4v) is 5.19. The molecule has 27 heavy (non-hydrogen) atoms. The van der Waals surface area contributed by atoms with Gasteiger partial charge in [-0.1, -0.05) is 6.07 Å². The van der Waals surface area contributed by atoms with Gasteiger partial charge in [0.15, 0.2) is 0 Å². The Bertz CT molecular complexity index is 660. The van der Waals surface area contributed by atoms with Crippen molar-refractivity contribution in [2.45, 2.75) is 50.9 Å². The van der Waals surface area contributed by atoms with Gasteiger partial charge in [0.2, 0.25) is 0 Å². The molecule has 2 aliphatic heterocycles. The predicted octanol–water partition coefficient (Wildman–Crippen LogP) is 3.29. The van der Waals surface area contributed by atoms with Gasteiger partial charge in [-0.2, -0.15) is 0 Å². The summed E-state index contributed by atoms with van der Waals surface area (Å²) in [7, 11) is 1.72. The lowest BCUT2D eigenvalue weighted by molar-refractivity contribution is 0.0873. The van der Waals surface area contributed by atoms with Crippen molar-refractivity contribution in [3.63, 3.8) is 0 Å². The van der Waals surface area contributed by atoms with Crippen LogP contribution in [-0.2, 0) is 6.42 Å². The second-order valence-electron chi connectivity index (χ2n) is 8.58. The van der Waals surface area contributed by atoms with Gasteiger partial charge in [-0.3, -0.25) is 0 Å². The second kappa shape index (κ2) is 8.09. The van der Waals surface area contributed by atoms with E-state index in [1.165, 1.54) is 30.4 Å². The molecule has 0 aromatic heterocycles. The summed E-state index contributed by atoms with van der Waals surface area (Å²) in [6.45, 7) is 4.83. The molecule has 2 fully saturated rings. The van der Waals surface area contributed by atoms with E-state index in [1.54, 1.807) is 7.11 Å². The molecule has 2 N–H and O–H groups in total. The van der Waals surface area contributed by atoms with Crippen molar-refractivity contribution in [3.8, 4) is 5.75 Å². The zero-order chi connectivity index (χ0) is 18.7. The van der Waals surface area contributed by atoms with Crippen molar-refractivity contribution < 1.29 is 9.53 Å². The quantitative estimate of drug-likeness (QED) is 0.857. The van der Waals surface area contributed by atoms with Crippen molar-refractivity contribution in [3.05, 3.63) is 29.3 Å². The number of methoxy groups -OCH3 is 1. The largest absolute Gasteiger partial charge is 0.497 e. The summed E-state index contributed by atoms with van der Waals surface area (Å²) in [6, 6.07) is 6.51. The SMILES string of the molecule is COc1ccc2c(c1)CCCC2CNC(=O)N1CCC2(CCNCC2)CC1. The lowest BCUT2D eigenvalue weighted by Gasteiger charge is -2.44. The van der Waals surface area contributed by atoms with Crippen LogP contribution in [0.3, 0.4) is 0 Å². The third-order valence-electron chi connectivity index (χ3n) is 7.06. The topological polar surface area (TPSA) is 53.6 Å². The minimum Gasteiger partial charge on any atom is -0.497 e. The number of piperidine rings is 2. The third kappa shape index (κ3) is 4.08. The number of ether oxygens (including phenoxy) is 1. The minimum absolute atomic E-state index is 0.124. The molecular weight excluding hydrogens is 338 g/mol. The molecule has 2 saturated heterocycles. The molecule has 0 bridgehead atoms. The van der Waals surface area contributed by atoms with Crippen molar-refractivity contribution >= 4 is 6.03 Å². The maximum absolute atomic E-state index is 12.7. The van der Waals surface area contributed by atoms with Crippen LogP contribution in [0.1, 0.15) is 55.6 Å². The van der Waals surface area contributed by atoms with Crippen LogP contribution in [0.5, 0.6) is 5.75 Å². The van der Waals surface area contributed by atoms with Gasteiger partial charge in [0.1, 0.15) is 5.75 Å². The summed E-state index contributed by atoms with van der Waals surface area (Å²) < 4.78 is 5.36. The Morgan fingerprint density at radius 2 is 2.04 bits per heavy atom. The summed E-state index contributed by atoms with van der Waals surface area (Å²) in [4.78, 5) is 14.7. The van der Waals surface area contributed by atoms with Gasteiger partial charge in [0.25, 0.3) is 0 Å². The highest BCUT2D eigenvalue weighted by atomic mass is 16.5. The van der Waals surface area contributed by atoms with Gasteiger partial charge in [-0.15, -0.1) is 0 Å². The lowest BCUT2D eigenvalue weighted by Crippen LogP contribution is -2.50. The number of nitrogens with zero attached hydrogens (tertiary/aromatic N) is 1. The first-order valence-electron chi connectivity index (χ1n) is 10.6. The Hall–Kier alpha value is -1.75. The van der Waals surface area contributed by atoms with Crippen LogP contribution in [-0.4, -0.2) is 50.8 Å². The molecule has 5 heteroatoms. The van der Waals surface area contributed by atoms with E-state index < -0.39 is 0 Å². The Morgan fingerprint density at radius 3 is 2.78 bits per heavy atom. The van der Waals surface area contributed by atoms with E-state index in [-0.39, 0.29) is 6.03 Å². The minimum atomic E-state index is 0.124. The van der Waals surface area contributed by atoms with E-state index in [0.717, 1.165) is 64.2 Å². The van der Waals surface area contributed by atoms with Crippen molar-refractivity contribution in [1.29, 1.82) is 0 Å². The molecule has 2 amide bonds. The number of hydrogen-bond donors (Lipinski definition) is 2. The molecule has 4 rings (SSSR count). The summed E-state index contributed by atoms with van der Waals surface area (Å²) in [5.41, 5.74) is 3.25. The van der Waals surface area contributed by atoms with E-state index in [0.29, 0.717) is 11.3 Å². The number of hydrogen-bond acceptors (Lipinski definition) is 3. The number of amides is 2. The highest BCUT2D eigenvalue weighted by Gasteiger charge is 2.36. The zero-order valence-corrected chi connectivity index (χ0v) is 16.6. The zero-order valence-electron chi connectivity index (χ0n) is 16.6. The first-order chi connectivity index (χ1) is 13.2. The van der Waals surface area contributed by atoms with Crippen LogP contribution in [0.4, 0.5) is 4.79 Å². The first-order valence-corrected chi connectivity index (χ1v) is 10.6. The van der Waals surface area contributed by atoms with Crippen LogP contribution >= 0.6 is 0 Å². The van der Waals surface area contributed by atoms with Crippen LogP contribution in [0, 0.1) is 5.41 Å². The lowest BCUT2D eigenvalue weighted by atomic mass is 9.72. The van der Waals surface area contributed by atoms with Gasteiger partial charge in [-0.25, -0.2) is 4.79 Å². The molecule has 3 aliphatic rings. The van der Waals surface area contributed by atoms with Crippen LogP contribution in [0.15, 0.2) is 18.2 Å². The van der Waals surface area contributed by atoms with E-state index >= 15 is 0 Å². The Balaban J connectivity index is 1.30. The van der Waals surface area contributed by atoms with Gasteiger partial charge in [-0.05, 0) is 86.7 Å². The van der Waals surface area contributed by atoms with Crippen molar-refractivity contribution in [2.24, 2.45) is 5.41 Å². The smallest absolute Gasteiger partial charge is 0.317 e. The van der Waals surface area contributed by atoms with Crippen molar-refractivity contribution in [1.82, 2.24) is 15.5 Å². The molecule has 1 atom stereocenters. The molecule has 5 nitrogen and oxygen atoms in total. The summed E-state index contributed by atoms with van der Waals surface area (Å²) in [5, 5.41) is 6.69. The van der Waals surface area contributed by atoms with Gasteiger partial charge in [0.05, 0.1) is 7.11 Å². The molecular formula is C22H33N3O2. The highest BCUT2D eigenvalue weighted by Crippen LogP contribution is 2.39. The monoisotopic (exact) mass is 371 g/mol. The Morgan fingerprint density at radius 1 is 1.26 bits per heavy atom. The maximum Gasteiger partial charge on any atom is 0.317 e. The first kappa shape index (κ1) is 18.6. The van der Waals surface area contributed by atoms with E-state index in [9.17, 15) is 4.79 Å². The predicted molar refractivity (Wildman–Crippen MR) is 107 cm³/mol. The Labute approximate surface area is 162 Å². The van der Waals surface area contributed by atoms with E-state index in [1.807, 2.05) is 11.0 Å². The molecule has 2 heterocycles. The van der Waals surface area contributed by atoms with Crippen LogP contribution < -0.4 is 15.4 Å². The number of urea groups is 1. The van der Waals surface area contributed by atoms with Gasteiger partial charge in [0, 0.05) is 25.6 Å². The van der Waals surface area contributed by atoms with Crippen LogP contribution in [0.25, 0.3) is 0 Å². The number of carbonyl (C=O) groups excluding carboxylic acids is 1. The summed E-state index contributed by atoms with van der Waals surface area (Å²) in [6.07, 6.45) is 8.30. The molecule has 148 valence electrons. The van der Waals surface area contributed by atoms with Crippen molar-refractivity contribution in [2.75, 3.05) is 39.8 Å². The highest BCUT2D eigenvalue weighted by molar-refractivity contribution is 5.74. The average molecular weight is 372 g/mol. The third-order valence-corrected chi connectivity index (χ3v) is 7.06. The summed E-state index contributed by atoms with van der Waals surface area (Å²) in [5.74, 6) is 1.35. The molecule has 0 radical (unpaired) electrons. The molecule has 1 aromatic carbocycles. The van der Waals surface area contributed by atoms with E-state index in [4.69, 9.17) is 4.74 Å². The van der Waals surface area contributed by atoms with Gasteiger partial charge >= 0.3 is 6.03 Å². The summed E-state index contributed by atoms with van der Waals surface area (Å²) >= 11 is 0. The number of nitrogens with one attached hydrogen (secondary N) is 2. The molecule has 1 aliphatic carbocycles.